The van der Waals surface area contributed by atoms with Gasteiger partial charge in [-0.3, -0.25) is 0 Å². The minimum atomic E-state index is -4.62. The molecule has 0 radical (unpaired) electrons. The number of ether oxygens (including phenoxy) is 1. The number of anilines is 1. The molecule has 1 aliphatic carbocycles. The fraction of sp³-hybridized carbons (Fsp3) is 0.500. The van der Waals surface area contributed by atoms with Crippen molar-refractivity contribution in [1.82, 2.24) is 0 Å². The number of benzene rings is 1. The van der Waals surface area contributed by atoms with E-state index in [0.717, 1.165) is 30.6 Å². The van der Waals surface area contributed by atoms with Gasteiger partial charge in [-0.15, -0.1) is 13.2 Å². The molecule has 2 nitrogen and oxygen atoms in total. The van der Waals surface area contributed by atoms with Crippen molar-refractivity contribution in [2.24, 2.45) is 11.8 Å². The van der Waals surface area contributed by atoms with E-state index in [2.05, 4.69) is 9.64 Å². The number of fused-ring (bicyclic) bond motifs is 1. The topological polar surface area (TPSA) is 12.5 Å². The molecular weight excluding hydrogens is 231 g/mol. The Kier molecular flexibility index (Phi) is 2.24. The zero-order chi connectivity index (χ0) is 12.0. The highest BCUT2D eigenvalue weighted by molar-refractivity contribution is 5.52. The molecule has 1 aromatic carbocycles. The summed E-state index contributed by atoms with van der Waals surface area (Å²) in [6.45, 7) is 1.92. The van der Waals surface area contributed by atoms with Gasteiger partial charge in [0.25, 0.3) is 0 Å². The summed E-state index contributed by atoms with van der Waals surface area (Å²) in [6.07, 6.45) is -3.35. The Hall–Kier alpha value is -1.39. The minimum absolute atomic E-state index is 0.143. The summed E-state index contributed by atoms with van der Waals surface area (Å²) in [5, 5.41) is 0. The van der Waals surface area contributed by atoms with Crippen LogP contribution in [-0.2, 0) is 0 Å². The smallest absolute Gasteiger partial charge is 0.406 e. The molecule has 2 fully saturated rings. The predicted molar refractivity (Wildman–Crippen MR) is 56.9 cm³/mol. The van der Waals surface area contributed by atoms with Gasteiger partial charge in [-0.1, -0.05) is 6.07 Å². The summed E-state index contributed by atoms with van der Waals surface area (Å²) in [7, 11) is 0. The molecule has 1 aliphatic heterocycles. The van der Waals surface area contributed by atoms with Crippen LogP contribution in [0.5, 0.6) is 5.75 Å². The van der Waals surface area contributed by atoms with E-state index in [1.54, 1.807) is 6.07 Å². The second-order valence-corrected chi connectivity index (χ2v) is 4.71. The van der Waals surface area contributed by atoms with Crippen LogP contribution in [0.15, 0.2) is 24.3 Å². The van der Waals surface area contributed by atoms with Gasteiger partial charge in [0.15, 0.2) is 0 Å². The first kappa shape index (κ1) is 10.7. The Morgan fingerprint density at radius 1 is 1.18 bits per heavy atom. The van der Waals surface area contributed by atoms with Crippen LogP contribution in [0.4, 0.5) is 18.9 Å². The molecule has 3 rings (SSSR count). The third-order valence-electron chi connectivity index (χ3n) is 3.40. The van der Waals surface area contributed by atoms with E-state index in [9.17, 15) is 13.2 Å². The summed E-state index contributed by atoms with van der Waals surface area (Å²) >= 11 is 0. The van der Waals surface area contributed by atoms with E-state index in [-0.39, 0.29) is 5.75 Å². The van der Waals surface area contributed by atoms with Crippen LogP contribution < -0.4 is 9.64 Å². The Labute approximate surface area is 97.0 Å². The van der Waals surface area contributed by atoms with E-state index in [1.807, 2.05) is 6.07 Å². The third-order valence-corrected chi connectivity index (χ3v) is 3.40. The molecule has 2 atom stereocenters. The highest BCUT2D eigenvalue weighted by atomic mass is 19.4. The Morgan fingerprint density at radius 3 is 2.53 bits per heavy atom. The fourth-order valence-electron chi connectivity index (χ4n) is 2.49. The van der Waals surface area contributed by atoms with Crippen molar-refractivity contribution in [3.8, 4) is 5.75 Å². The van der Waals surface area contributed by atoms with Crippen molar-refractivity contribution in [2.45, 2.75) is 12.8 Å². The molecule has 92 valence electrons. The maximum Gasteiger partial charge on any atom is 0.573 e. The molecule has 17 heavy (non-hydrogen) atoms. The summed E-state index contributed by atoms with van der Waals surface area (Å²) in [5.41, 5.74) is 0.818. The Balaban J connectivity index is 1.74. The van der Waals surface area contributed by atoms with Crippen LogP contribution >= 0.6 is 0 Å². The van der Waals surface area contributed by atoms with Crippen molar-refractivity contribution in [2.75, 3.05) is 18.0 Å². The quantitative estimate of drug-likeness (QED) is 0.791. The van der Waals surface area contributed by atoms with Crippen molar-refractivity contribution in [3.05, 3.63) is 24.3 Å². The molecule has 0 unspecified atom stereocenters. The van der Waals surface area contributed by atoms with E-state index < -0.39 is 6.36 Å². The number of alkyl halides is 3. The normalized spacial score (nSPS) is 26.9. The van der Waals surface area contributed by atoms with Gasteiger partial charge in [0, 0.05) is 24.8 Å². The van der Waals surface area contributed by atoms with E-state index in [4.69, 9.17) is 0 Å². The first-order chi connectivity index (χ1) is 8.01. The summed E-state index contributed by atoms with van der Waals surface area (Å²) in [5.74, 6) is 1.36. The summed E-state index contributed by atoms with van der Waals surface area (Å²) < 4.78 is 40.2. The van der Waals surface area contributed by atoms with Crippen LogP contribution in [0.1, 0.15) is 6.42 Å². The van der Waals surface area contributed by atoms with Crippen molar-refractivity contribution in [3.63, 3.8) is 0 Å². The summed E-state index contributed by atoms with van der Waals surface area (Å²) in [4.78, 5) is 2.13. The second kappa shape index (κ2) is 3.55. The molecule has 1 saturated carbocycles. The average molecular weight is 243 g/mol. The predicted octanol–water partition coefficient (Wildman–Crippen LogP) is 3.04. The monoisotopic (exact) mass is 243 g/mol. The van der Waals surface area contributed by atoms with Gasteiger partial charge in [0.05, 0.1) is 0 Å². The Morgan fingerprint density at radius 2 is 1.88 bits per heavy atom. The Bertz CT molecular complexity index is 422. The fourth-order valence-corrected chi connectivity index (χ4v) is 2.49. The first-order valence-corrected chi connectivity index (χ1v) is 5.62. The molecule has 5 heteroatoms. The van der Waals surface area contributed by atoms with Crippen molar-refractivity contribution < 1.29 is 17.9 Å². The van der Waals surface area contributed by atoms with Crippen molar-refractivity contribution >= 4 is 5.69 Å². The van der Waals surface area contributed by atoms with E-state index >= 15 is 0 Å². The minimum Gasteiger partial charge on any atom is -0.406 e. The van der Waals surface area contributed by atoms with Gasteiger partial charge in [0.1, 0.15) is 5.75 Å². The van der Waals surface area contributed by atoms with Gasteiger partial charge >= 0.3 is 6.36 Å². The van der Waals surface area contributed by atoms with Crippen LogP contribution in [0.3, 0.4) is 0 Å². The molecular formula is C12H12F3NO. The number of halogens is 3. The molecule has 0 bridgehead atoms. The number of piperidine rings is 1. The van der Waals surface area contributed by atoms with Crippen LogP contribution in [-0.4, -0.2) is 19.5 Å². The van der Waals surface area contributed by atoms with Gasteiger partial charge in [-0.2, -0.15) is 0 Å². The van der Waals surface area contributed by atoms with Crippen molar-refractivity contribution in [1.29, 1.82) is 0 Å². The standard InChI is InChI=1S/C12H12F3NO/c13-12(14,15)17-11-3-1-2-10(5-11)16-6-8-4-9(8)7-16/h1-3,5,8-9H,4,6-7H2/t8-,9+. The molecule has 0 aromatic heterocycles. The first-order valence-electron chi connectivity index (χ1n) is 5.62. The maximum absolute atomic E-state index is 12.1. The van der Waals surface area contributed by atoms with E-state index in [0.29, 0.717) is 0 Å². The highest BCUT2D eigenvalue weighted by Crippen LogP contribution is 2.46. The second-order valence-electron chi connectivity index (χ2n) is 4.71. The van der Waals surface area contributed by atoms with Gasteiger partial charge in [0.2, 0.25) is 0 Å². The van der Waals surface area contributed by atoms with Gasteiger partial charge in [-0.05, 0) is 30.4 Å². The number of hydrogen-bond acceptors (Lipinski definition) is 2. The van der Waals surface area contributed by atoms with Gasteiger partial charge in [-0.25, -0.2) is 0 Å². The third kappa shape index (κ3) is 2.33. The number of rotatable bonds is 2. The highest BCUT2D eigenvalue weighted by Gasteiger charge is 2.45. The lowest BCUT2D eigenvalue weighted by molar-refractivity contribution is -0.274. The molecule has 1 heterocycles. The molecule has 0 spiro atoms. The number of nitrogens with zero attached hydrogens (tertiary/aromatic N) is 1. The molecule has 1 aromatic rings. The summed E-state index contributed by atoms with van der Waals surface area (Å²) in [6, 6.07) is 6.21. The van der Waals surface area contributed by atoms with Crippen LogP contribution in [0.25, 0.3) is 0 Å². The molecule has 1 saturated heterocycles. The lowest BCUT2D eigenvalue weighted by atomic mass is 10.2. The SMILES string of the molecule is FC(F)(F)Oc1cccc(N2C[C@H]3C[C@H]3C2)c1. The van der Waals surface area contributed by atoms with Crippen LogP contribution in [0, 0.1) is 11.8 Å². The van der Waals surface area contributed by atoms with E-state index in [1.165, 1.54) is 18.6 Å². The number of hydrogen-bond donors (Lipinski definition) is 0. The van der Waals surface area contributed by atoms with Crippen LogP contribution in [0.2, 0.25) is 0 Å². The zero-order valence-electron chi connectivity index (χ0n) is 9.07. The molecule has 2 aliphatic rings. The largest absolute Gasteiger partial charge is 0.573 e. The maximum atomic E-state index is 12.1. The average Bonchev–Trinajstić information content (AvgIpc) is 2.84. The van der Waals surface area contributed by atoms with Gasteiger partial charge < -0.3 is 9.64 Å². The molecule has 0 amide bonds. The lowest BCUT2D eigenvalue weighted by Gasteiger charge is -2.21. The molecule has 0 N–H and O–H groups in total. The lowest BCUT2D eigenvalue weighted by Crippen LogP contribution is -2.22. The zero-order valence-corrected chi connectivity index (χ0v) is 9.07.